The van der Waals surface area contributed by atoms with Crippen LogP contribution in [0.1, 0.15) is 48.9 Å². The molecule has 0 amide bonds. The van der Waals surface area contributed by atoms with Crippen LogP contribution in [0, 0.1) is 23.5 Å². The van der Waals surface area contributed by atoms with Crippen LogP contribution in [0.5, 0.6) is 0 Å². The SMILES string of the molecule is CCCCc1ccc(C#Cc2cc(F)c(N=C=S)c(F)c2)c(CC)c1. The average Bonchev–Trinajstić information content (AvgIpc) is 2.61. The Kier molecular flexibility index (Phi) is 7.01. The Labute approximate surface area is 152 Å². The molecule has 0 aromatic heterocycles. The molecular weight excluding hydrogens is 336 g/mol. The third-order valence-electron chi connectivity index (χ3n) is 3.89. The maximum atomic E-state index is 13.9. The molecule has 0 bridgehead atoms. The summed E-state index contributed by atoms with van der Waals surface area (Å²) in [6.45, 7) is 4.24. The summed E-state index contributed by atoms with van der Waals surface area (Å²) in [7, 11) is 0. The van der Waals surface area contributed by atoms with Crippen LogP contribution in [0.25, 0.3) is 0 Å². The fourth-order valence-corrected chi connectivity index (χ4v) is 2.62. The number of hydrogen-bond acceptors (Lipinski definition) is 2. The molecule has 0 aliphatic carbocycles. The third-order valence-corrected chi connectivity index (χ3v) is 3.98. The highest BCUT2D eigenvalue weighted by molar-refractivity contribution is 7.78. The van der Waals surface area contributed by atoms with Crippen LogP contribution in [0.2, 0.25) is 0 Å². The Hall–Kier alpha value is -2.34. The molecule has 2 aromatic rings. The molecule has 0 fully saturated rings. The molecule has 0 aliphatic rings. The highest BCUT2D eigenvalue weighted by Gasteiger charge is 2.09. The molecule has 0 atom stereocenters. The van der Waals surface area contributed by atoms with E-state index in [0.29, 0.717) is 0 Å². The topological polar surface area (TPSA) is 12.4 Å². The minimum atomic E-state index is -0.799. The number of isothiocyanates is 1. The fourth-order valence-electron chi connectivity index (χ4n) is 2.53. The lowest BCUT2D eigenvalue weighted by molar-refractivity contribution is 0.587. The number of hydrogen-bond donors (Lipinski definition) is 0. The molecule has 0 heterocycles. The number of aliphatic imine (C=N–C) groups is 1. The van der Waals surface area contributed by atoms with E-state index in [9.17, 15) is 8.78 Å². The molecule has 0 radical (unpaired) electrons. The zero-order valence-electron chi connectivity index (χ0n) is 14.3. The van der Waals surface area contributed by atoms with Gasteiger partial charge in [-0.25, -0.2) is 8.78 Å². The first kappa shape index (κ1) is 19.0. The number of rotatable bonds is 5. The molecule has 0 unspecified atom stereocenters. The Morgan fingerprint density at radius 3 is 2.36 bits per heavy atom. The summed E-state index contributed by atoms with van der Waals surface area (Å²) in [6, 6.07) is 8.52. The largest absolute Gasteiger partial charge is 0.204 e. The van der Waals surface area contributed by atoms with Gasteiger partial charge in [-0.15, -0.1) is 0 Å². The van der Waals surface area contributed by atoms with E-state index >= 15 is 0 Å². The number of nitrogens with zero attached hydrogens (tertiary/aromatic N) is 1. The number of unbranched alkanes of at least 4 members (excludes halogenated alkanes) is 1. The van der Waals surface area contributed by atoms with Crippen LogP contribution in [0.4, 0.5) is 14.5 Å². The summed E-state index contributed by atoms with van der Waals surface area (Å²) in [5.41, 5.74) is 3.14. The molecular formula is C21H19F2NS. The van der Waals surface area contributed by atoms with Crippen molar-refractivity contribution >= 4 is 23.1 Å². The molecule has 4 heteroatoms. The van der Waals surface area contributed by atoms with Crippen LogP contribution in [0.15, 0.2) is 35.3 Å². The minimum absolute atomic E-state index is 0.260. The van der Waals surface area contributed by atoms with Gasteiger partial charge in [0.15, 0.2) is 11.6 Å². The number of benzene rings is 2. The first-order chi connectivity index (χ1) is 12.1. The highest BCUT2D eigenvalue weighted by atomic mass is 32.1. The molecule has 2 aromatic carbocycles. The summed E-state index contributed by atoms with van der Waals surface area (Å²) < 4.78 is 27.7. The highest BCUT2D eigenvalue weighted by Crippen LogP contribution is 2.23. The van der Waals surface area contributed by atoms with Crippen molar-refractivity contribution in [1.82, 2.24) is 0 Å². The van der Waals surface area contributed by atoms with E-state index in [4.69, 9.17) is 0 Å². The second-order valence-corrected chi connectivity index (χ2v) is 5.87. The predicted octanol–water partition coefficient (Wildman–Crippen LogP) is 6.00. The standard InChI is InChI=1S/C21H19F2NS/c1-3-5-6-15-7-9-18(17(4-2)11-15)10-8-16-12-19(22)21(24-14-25)20(23)13-16/h7,9,11-13H,3-6H2,1-2H3. The van der Waals surface area contributed by atoms with Gasteiger partial charge in [0, 0.05) is 11.1 Å². The minimum Gasteiger partial charge on any atom is -0.204 e. The van der Waals surface area contributed by atoms with Gasteiger partial charge in [-0.2, -0.15) is 4.99 Å². The van der Waals surface area contributed by atoms with Gasteiger partial charge in [0.2, 0.25) is 0 Å². The van der Waals surface area contributed by atoms with Crippen molar-refractivity contribution in [2.24, 2.45) is 4.99 Å². The molecule has 2 rings (SSSR count). The van der Waals surface area contributed by atoms with Crippen LogP contribution in [0.3, 0.4) is 0 Å². The van der Waals surface area contributed by atoms with Gasteiger partial charge in [0.05, 0.1) is 5.16 Å². The third kappa shape index (κ3) is 5.06. The molecule has 128 valence electrons. The van der Waals surface area contributed by atoms with Crippen LogP contribution in [-0.2, 0) is 12.8 Å². The van der Waals surface area contributed by atoms with Gasteiger partial charge >= 0.3 is 0 Å². The van der Waals surface area contributed by atoms with Crippen molar-refractivity contribution in [1.29, 1.82) is 0 Å². The quantitative estimate of drug-likeness (QED) is 0.364. The summed E-state index contributed by atoms with van der Waals surface area (Å²) in [6.07, 6.45) is 4.22. The molecule has 0 spiro atoms. The summed E-state index contributed by atoms with van der Waals surface area (Å²) in [5, 5.41) is 1.97. The summed E-state index contributed by atoms with van der Waals surface area (Å²) >= 11 is 4.39. The van der Waals surface area contributed by atoms with Crippen molar-refractivity contribution in [3.05, 3.63) is 64.2 Å². The Balaban J connectivity index is 2.33. The number of halogens is 2. The lowest BCUT2D eigenvalue weighted by atomic mass is 9.99. The zero-order chi connectivity index (χ0) is 18.2. The first-order valence-corrected chi connectivity index (χ1v) is 8.70. The van der Waals surface area contributed by atoms with Crippen LogP contribution < -0.4 is 0 Å². The smallest absolute Gasteiger partial charge is 0.153 e. The van der Waals surface area contributed by atoms with E-state index in [1.165, 1.54) is 5.56 Å². The zero-order valence-corrected chi connectivity index (χ0v) is 15.1. The van der Waals surface area contributed by atoms with E-state index in [1.54, 1.807) is 0 Å². The molecule has 25 heavy (non-hydrogen) atoms. The number of thiocarbonyl (C=S) groups is 1. The molecule has 0 saturated heterocycles. The monoisotopic (exact) mass is 355 g/mol. The van der Waals surface area contributed by atoms with Gasteiger partial charge < -0.3 is 0 Å². The maximum absolute atomic E-state index is 13.9. The van der Waals surface area contributed by atoms with E-state index in [0.717, 1.165) is 48.9 Å². The van der Waals surface area contributed by atoms with Gasteiger partial charge in [-0.1, -0.05) is 44.2 Å². The van der Waals surface area contributed by atoms with E-state index < -0.39 is 17.3 Å². The lowest BCUT2D eigenvalue weighted by Gasteiger charge is -2.06. The predicted molar refractivity (Wildman–Crippen MR) is 101 cm³/mol. The van der Waals surface area contributed by atoms with Gasteiger partial charge in [-0.3, -0.25) is 0 Å². The van der Waals surface area contributed by atoms with Crippen molar-refractivity contribution < 1.29 is 8.78 Å². The molecule has 0 N–H and O–H groups in total. The lowest BCUT2D eigenvalue weighted by Crippen LogP contribution is -1.92. The molecule has 0 aliphatic heterocycles. The fraction of sp³-hybridized carbons (Fsp3) is 0.286. The van der Waals surface area contributed by atoms with Crippen molar-refractivity contribution in [2.45, 2.75) is 39.5 Å². The molecule has 1 nitrogen and oxygen atoms in total. The van der Waals surface area contributed by atoms with Crippen molar-refractivity contribution in [3.63, 3.8) is 0 Å². The van der Waals surface area contributed by atoms with Crippen molar-refractivity contribution in [3.8, 4) is 11.8 Å². The van der Waals surface area contributed by atoms with Gasteiger partial charge in [-0.05, 0) is 60.8 Å². The Bertz CT molecular complexity index is 848. The Morgan fingerprint density at radius 1 is 1.04 bits per heavy atom. The second kappa shape index (κ2) is 9.22. The summed E-state index contributed by atoms with van der Waals surface area (Å²) in [4.78, 5) is 3.39. The van der Waals surface area contributed by atoms with E-state index in [2.05, 4.69) is 55.0 Å². The van der Waals surface area contributed by atoms with E-state index in [1.807, 2.05) is 11.2 Å². The summed E-state index contributed by atoms with van der Waals surface area (Å²) in [5.74, 6) is 4.25. The second-order valence-electron chi connectivity index (χ2n) is 5.69. The van der Waals surface area contributed by atoms with E-state index in [-0.39, 0.29) is 5.56 Å². The van der Waals surface area contributed by atoms with Gasteiger partial charge in [0.1, 0.15) is 5.69 Å². The number of aryl methyl sites for hydroxylation is 2. The normalized spacial score (nSPS) is 9.92. The van der Waals surface area contributed by atoms with Gasteiger partial charge in [0.25, 0.3) is 0 Å². The molecule has 0 saturated carbocycles. The first-order valence-electron chi connectivity index (χ1n) is 8.29. The Morgan fingerprint density at radius 2 is 1.76 bits per heavy atom. The van der Waals surface area contributed by atoms with Crippen LogP contribution >= 0.6 is 12.2 Å². The maximum Gasteiger partial charge on any atom is 0.153 e. The average molecular weight is 355 g/mol. The van der Waals surface area contributed by atoms with Crippen molar-refractivity contribution in [2.75, 3.05) is 0 Å². The van der Waals surface area contributed by atoms with Crippen LogP contribution in [-0.4, -0.2) is 5.16 Å².